The predicted octanol–water partition coefficient (Wildman–Crippen LogP) is 4.59. The Bertz CT molecular complexity index is 1310. The van der Waals surface area contributed by atoms with Crippen LogP contribution < -0.4 is 15.6 Å². The lowest BCUT2D eigenvalue weighted by Gasteiger charge is -2.13. The molecule has 202 valence electrons. The normalized spacial score (nSPS) is 11.6. The summed E-state index contributed by atoms with van der Waals surface area (Å²) in [6.45, 7) is 5.89. The van der Waals surface area contributed by atoms with E-state index in [1.165, 1.54) is 11.6 Å². The van der Waals surface area contributed by atoms with Crippen molar-refractivity contribution >= 4 is 23.3 Å². The number of hydrogen-bond donors (Lipinski definition) is 1. The number of rotatable bonds is 13. The Balaban J connectivity index is 1.51. The van der Waals surface area contributed by atoms with Crippen LogP contribution in [0.1, 0.15) is 62.0 Å². The highest BCUT2D eigenvalue weighted by molar-refractivity contribution is 5.98. The SMILES string of the molecule is CCCCCOc1ccc(C(=O)CCC(=O)OC(C)C(=O)Nc2c(C)n(C)n(-c3ccccc3)c2=O)cc1. The molecule has 1 atom stereocenters. The summed E-state index contributed by atoms with van der Waals surface area (Å²) < 4.78 is 13.9. The maximum atomic E-state index is 13.0. The van der Waals surface area contributed by atoms with Crippen LogP contribution in [0, 0.1) is 6.92 Å². The van der Waals surface area contributed by atoms with Crippen LogP contribution >= 0.6 is 0 Å². The molecule has 1 N–H and O–H groups in total. The minimum atomic E-state index is -1.15. The van der Waals surface area contributed by atoms with E-state index in [-0.39, 0.29) is 24.3 Å². The fourth-order valence-corrected chi connectivity index (χ4v) is 3.89. The molecule has 0 saturated heterocycles. The largest absolute Gasteiger partial charge is 0.494 e. The van der Waals surface area contributed by atoms with Gasteiger partial charge in [0.25, 0.3) is 11.5 Å². The molecule has 0 aliphatic carbocycles. The molecule has 1 aromatic heterocycles. The molecule has 0 spiro atoms. The molecule has 0 radical (unpaired) electrons. The molecule has 1 heterocycles. The number of para-hydroxylation sites is 1. The van der Waals surface area contributed by atoms with E-state index in [4.69, 9.17) is 9.47 Å². The number of anilines is 1. The number of amides is 1. The summed E-state index contributed by atoms with van der Waals surface area (Å²) in [5.74, 6) is -0.826. The number of nitrogens with one attached hydrogen (secondary N) is 1. The zero-order valence-electron chi connectivity index (χ0n) is 22.4. The molecule has 0 fully saturated rings. The summed E-state index contributed by atoms with van der Waals surface area (Å²) in [6, 6.07) is 15.9. The number of unbranched alkanes of at least 4 members (excludes halogenated alkanes) is 2. The summed E-state index contributed by atoms with van der Waals surface area (Å²) >= 11 is 0. The van der Waals surface area contributed by atoms with Crippen LogP contribution in [0.3, 0.4) is 0 Å². The van der Waals surface area contributed by atoms with Crippen molar-refractivity contribution in [2.24, 2.45) is 7.05 Å². The third-order valence-corrected chi connectivity index (χ3v) is 6.23. The van der Waals surface area contributed by atoms with Crippen molar-refractivity contribution in [3.8, 4) is 11.4 Å². The molecule has 3 aromatic rings. The van der Waals surface area contributed by atoms with Gasteiger partial charge in [0.15, 0.2) is 11.9 Å². The summed E-state index contributed by atoms with van der Waals surface area (Å²) in [5, 5.41) is 2.58. The van der Waals surface area contributed by atoms with Gasteiger partial charge < -0.3 is 14.8 Å². The standard InChI is InChI=1S/C29H35N3O6/c1-5-6-10-19-37-24-15-13-22(14-16-24)25(33)17-18-26(34)38-21(3)28(35)30-27-20(2)31(4)32(29(27)36)23-11-8-7-9-12-23/h7-9,11-16,21H,5-6,10,17-19H2,1-4H3,(H,30,35). The molecular formula is C29H35N3O6. The number of ketones is 1. The molecular weight excluding hydrogens is 486 g/mol. The van der Waals surface area contributed by atoms with Gasteiger partial charge in [0.1, 0.15) is 11.4 Å². The quantitative estimate of drug-likeness (QED) is 0.200. The Kier molecular flexibility index (Phi) is 10.0. The fourth-order valence-electron chi connectivity index (χ4n) is 3.89. The molecule has 9 nitrogen and oxygen atoms in total. The molecule has 0 aliphatic heterocycles. The van der Waals surface area contributed by atoms with E-state index in [0.29, 0.717) is 29.3 Å². The Morgan fingerprint density at radius 3 is 2.32 bits per heavy atom. The minimum Gasteiger partial charge on any atom is -0.494 e. The van der Waals surface area contributed by atoms with Crippen LogP contribution in [0.4, 0.5) is 5.69 Å². The maximum absolute atomic E-state index is 13.0. The fraction of sp³-hybridized carbons (Fsp3) is 0.379. The molecule has 38 heavy (non-hydrogen) atoms. The third kappa shape index (κ3) is 7.21. The lowest BCUT2D eigenvalue weighted by molar-refractivity contribution is -0.153. The van der Waals surface area contributed by atoms with Crippen LogP contribution in [0.25, 0.3) is 5.69 Å². The van der Waals surface area contributed by atoms with Gasteiger partial charge in [-0.05, 0) is 56.7 Å². The smallest absolute Gasteiger partial charge is 0.307 e. The summed E-state index contributed by atoms with van der Waals surface area (Å²) in [4.78, 5) is 50.4. The van der Waals surface area contributed by atoms with E-state index in [1.807, 2.05) is 18.2 Å². The molecule has 0 aliphatic rings. The number of esters is 1. The van der Waals surface area contributed by atoms with Crippen molar-refractivity contribution < 1.29 is 23.9 Å². The van der Waals surface area contributed by atoms with Crippen LogP contribution in [0.2, 0.25) is 0 Å². The maximum Gasteiger partial charge on any atom is 0.307 e. The highest BCUT2D eigenvalue weighted by atomic mass is 16.5. The number of benzene rings is 2. The van der Waals surface area contributed by atoms with Gasteiger partial charge in [-0.1, -0.05) is 38.0 Å². The van der Waals surface area contributed by atoms with Crippen molar-refractivity contribution in [3.05, 3.63) is 76.2 Å². The van der Waals surface area contributed by atoms with E-state index in [2.05, 4.69) is 12.2 Å². The number of aromatic nitrogens is 2. The number of nitrogens with zero attached hydrogens (tertiary/aromatic N) is 2. The van der Waals surface area contributed by atoms with E-state index in [0.717, 1.165) is 19.3 Å². The van der Waals surface area contributed by atoms with Crippen molar-refractivity contribution in [2.45, 2.75) is 59.0 Å². The average Bonchev–Trinajstić information content (AvgIpc) is 3.13. The van der Waals surface area contributed by atoms with Crippen molar-refractivity contribution in [2.75, 3.05) is 11.9 Å². The Morgan fingerprint density at radius 2 is 1.66 bits per heavy atom. The molecule has 3 rings (SSSR count). The first-order chi connectivity index (χ1) is 18.2. The van der Waals surface area contributed by atoms with Gasteiger partial charge >= 0.3 is 5.97 Å². The number of hydrogen-bond acceptors (Lipinski definition) is 6. The van der Waals surface area contributed by atoms with Gasteiger partial charge in [0.2, 0.25) is 0 Å². The molecule has 0 bridgehead atoms. The van der Waals surface area contributed by atoms with Gasteiger partial charge in [-0.3, -0.25) is 23.9 Å². The highest BCUT2D eigenvalue weighted by Gasteiger charge is 2.23. The number of ether oxygens (including phenoxy) is 2. The first-order valence-corrected chi connectivity index (χ1v) is 12.8. The second kappa shape index (κ2) is 13.4. The highest BCUT2D eigenvalue weighted by Crippen LogP contribution is 2.16. The first kappa shape index (κ1) is 28.4. The molecule has 2 aromatic carbocycles. The number of carbonyl (C=O) groups excluding carboxylic acids is 3. The number of carbonyl (C=O) groups is 3. The van der Waals surface area contributed by atoms with Crippen LogP contribution in [-0.4, -0.2) is 39.7 Å². The predicted molar refractivity (Wildman–Crippen MR) is 145 cm³/mol. The lowest BCUT2D eigenvalue weighted by Crippen LogP contribution is -2.32. The Hall–Kier alpha value is -4.14. The van der Waals surface area contributed by atoms with E-state index >= 15 is 0 Å². The number of Topliss-reactive ketones (excluding diaryl/α,β-unsaturated/α-hetero) is 1. The van der Waals surface area contributed by atoms with Gasteiger partial charge in [-0.15, -0.1) is 0 Å². The van der Waals surface area contributed by atoms with E-state index in [1.54, 1.807) is 55.1 Å². The molecule has 1 unspecified atom stereocenters. The van der Waals surface area contributed by atoms with Crippen LogP contribution in [-0.2, 0) is 21.4 Å². The second-order valence-electron chi connectivity index (χ2n) is 9.06. The average molecular weight is 522 g/mol. The van der Waals surface area contributed by atoms with Crippen LogP contribution in [0.15, 0.2) is 59.4 Å². The lowest BCUT2D eigenvalue weighted by atomic mass is 10.1. The molecule has 9 heteroatoms. The zero-order chi connectivity index (χ0) is 27.7. The van der Waals surface area contributed by atoms with E-state index in [9.17, 15) is 19.2 Å². The molecule has 0 saturated carbocycles. The topological polar surface area (TPSA) is 109 Å². The van der Waals surface area contributed by atoms with Gasteiger partial charge in [-0.25, -0.2) is 4.68 Å². The summed E-state index contributed by atoms with van der Waals surface area (Å²) in [5.41, 5.74) is 1.39. The van der Waals surface area contributed by atoms with Crippen molar-refractivity contribution in [1.82, 2.24) is 9.36 Å². The van der Waals surface area contributed by atoms with Crippen molar-refractivity contribution in [3.63, 3.8) is 0 Å². The monoisotopic (exact) mass is 521 g/mol. The molecule has 1 amide bonds. The third-order valence-electron chi connectivity index (χ3n) is 6.23. The van der Waals surface area contributed by atoms with Gasteiger partial charge in [0.05, 0.1) is 24.4 Å². The van der Waals surface area contributed by atoms with E-state index < -0.39 is 23.5 Å². The second-order valence-corrected chi connectivity index (χ2v) is 9.06. The van der Waals surface area contributed by atoms with Crippen LogP contribution in [0.5, 0.6) is 5.75 Å². The first-order valence-electron chi connectivity index (χ1n) is 12.8. The minimum absolute atomic E-state index is 0.0521. The van der Waals surface area contributed by atoms with Crippen molar-refractivity contribution in [1.29, 1.82) is 0 Å². The Labute approximate surface area is 222 Å². The Morgan fingerprint density at radius 1 is 0.974 bits per heavy atom. The van der Waals surface area contributed by atoms with Gasteiger partial charge in [-0.2, -0.15) is 0 Å². The summed E-state index contributed by atoms with van der Waals surface area (Å²) in [6.07, 6.45) is 1.83. The summed E-state index contributed by atoms with van der Waals surface area (Å²) in [7, 11) is 1.72. The zero-order valence-corrected chi connectivity index (χ0v) is 22.4. The van der Waals surface area contributed by atoms with Gasteiger partial charge in [0, 0.05) is 19.0 Å².